The van der Waals surface area contributed by atoms with Crippen molar-refractivity contribution in [2.45, 2.75) is 0 Å². The predicted molar refractivity (Wildman–Crippen MR) is 87.1 cm³/mol. The van der Waals surface area contributed by atoms with E-state index in [0.29, 0.717) is 31.7 Å². The molecule has 0 atom stereocenters. The number of anilines is 2. The molecule has 0 aliphatic heterocycles. The smallest absolute Gasteiger partial charge is 0.260 e. The van der Waals surface area contributed by atoms with E-state index in [0.717, 1.165) is 0 Å². The first-order valence-corrected chi connectivity index (χ1v) is 7.07. The summed E-state index contributed by atoms with van der Waals surface area (Å²) in [5, 5.41) is 4.90. The van der Waals surface area contributed by atoms with Crippen LogP contribution in [0.3, 0.4) is 0 Å². The molecule has 1 heterocycles. The topological polar surface area (TPSA) is 57.8 Å². The fourth-order valence-electron chi connectivity index (χ4n) is 1.93. The van der Waals surface area contributed by atoms with Gasteiger partial charge in [-0.1, -0.05) is 34.8 Å². The lowest BCUT2D eigenvalue weighted by molar-refractivity contribution is 1.17. The summed E-state index contributed by atoms with van der Waals surface area (Å²) in [6.45, 7) is 0. The van der Waals surface area contributed by atoms with Crippen molar-refractivity contribution in [2.24, 2.45) is 0 Å². The van der Waals surface area contributed by atoms with Crippen molar-refractivity contribution in [2.75, 3.05) is 5.32 Å². The van der Waals surface area contributed by atoms with E-state index in [1.165, 1.54) is 0 Å². The Balaban J connectivity index is 2.06. The Kier molecular flexibility index (Phi) is 3.76. The molecule has 0 spiro atoms. The van der Waals surface area contributed by atoms with Crippen LogP contribution in [-0.2, 0) is 0 Å². The molecular weight excluding hydrogens is 333 g/mol. The zero-order valence-electron chi connectivity index (χ0n) is 10.5. The summed E-state index contributed by atoms with van der Waals surface area (Å²) in [6.07, 6.45) is 0. The van der Waals surface area contributed by atoms with Crippen LogP contribution in [0.4, 0.5) is 11.6 Å². The summed E-state index contributed by atoms with van der Waals surface area (Å²) in [6, 6.07) is 9.87. The van der Waals surface area contributed by atoms with E-state index < -0.39 is 0 Å². The van der Waals surface area contributed by atoms with Gasteiger partial charge in [0, 0.05) is 20.8 Å². The summed E-state index contributed by atoms with van der Waals surface area (Å²) in [7, 11) is 0. The van der Waals surface area contributed by atoms with Gasteiger partial charge >= 0.3 is 0 Å². The average molecular weight is 341 g/mol. The molecule has 0 amide bonds. The number of aromatic amines is 1. The molecule has 0 aliphatic carbocycles. The van der Waals surface area contributed by atoms with Gasteiger partial charge in [-0.3, -0.25) is 9.78 Å². The van der Waals surface area contributed by atoms with E-state index in [1.54, 1.807) is 36.4 Å². The van der Waals surface area contributed by atoms with Gasteiger partial charge in [0.15, 0.2) is 0 Å². The van der Waals surface area contributed by atoms with Crippen molar-refractivity contribution < 1.29 is 0 Å². The molecule has 0 fully saturated rings. The molecule has 0 radical (unpaired) electrons. The molecule has 3 aromatic rings. The molecule has 0 saturated heterocycles. The van der Waals surface area contributed by atoms with Gasteiger partial charge in [0.2, 0.25) is 5.95 Å². The first kappa shape index (κ1) is 14.2. The SMILES string of the molecule is O=c1[nH]c(Nc2cc(Cl)cc(Cl)c2)nc2cc(Cl)ccc12. The maximum Gasteiger partial charge on any atom is 0.260 e. The Labute approximate surface area is 134 Å². The van der Waals surface area contributed by atoms with Gasteiger partial charge in [-0.15, -0.1) is 0 Å². The number of aromatic nitrogens is 2. The minimum Gasteiger partial charge on any atom is -0.326 e. The van der Waals surface area contributed by atoms with Crippen LogP contribution >= 0.6 is 34.8 Å². The molecule has 106 valence electrons. The molecule has 2 aromatic carbocycles. The van der Waals surface area contributed by atoms with E-state index in [1.807, 2.05) is 0 Å². The molecule has 21 heavy (non-hydrogen) atoms. The molecule has 3 rings (SSSR count). The van der Waals surface area contributed by atoms with Gasteiger partial charge < -0.3 is 5.32 Å². The zero-order chi connectivity index (χ0) is 15.0. The van der Waals surface area contributed by atoms with E-state index in [-0.39, 0.29) is 11.5 Å². The Hall–Kier alpha value is -1.75. The van der Waals surface area contributed by atoms with Crippen molar-refractivity contribution in [1.82, 2.24) is 9.97 Å². The van der Waals surface area contributed by atoms with Gasteiger partial charge in [-0.05, 0) is 36.4 Å². The van der Waals surface area contributed by atoms with Crippen LogP contribution in [-0.4, -0.2) is 9.97 Å². The van der Waals surface area contributed by atoms with Crippen LogP contribution in [0.2, 0.25) is 15.1 Å². The van der Waals surface area contributed by atoms with Crippen molar-refractivity contribution in [3.8, 4) is 0 Å². The van der Waals surface area contributed by atoms with Gasteiger partial charge in [-0.2, -0.15) is 0 Å². The van der Waals surface area contributed by atoms with E-state index in [9.17, 15) is 4.79 Å². The number of nitrogens with zero attached hydrogens (tertiary/aromatic N) is 1. The van der Waals surface area contributed by atoms with Crippen LogP contribution in [0.5, 0.6) is 0 Å². The highest BCUT2D eigenvalue weighted by molar-refractivity contribution is 6.35. The molecule has 1 aromatic heterocycles. The number of fused-ring (bicyclic) bond motifs is 1. The minimum atomic E-state index is -0.257. The minimum absolute atomic E-state index is 0.257. The molecule has 0 bridgehead atoms. The van der Waals surface area contributed by atoms with Crippen LogP contribution in [0.15, 0.2) is 41.2 Å². The number of hydrogen-bond donors (Lipinski definition) is 2. The van der Waals surface area contributed by atoms with Crippen molar-refractivity contribution in [3.05, 3.63) is 61.8 Å². The number of rotatable bonds is 2. The van der Waals surface area contributed by atoms with Gasteiger partial charge in [0.05, 0.1) is 10.9 Å². The first-order valence-electron chi connectivity index (χ1n) is 5.94. The Morgan fingerprint density at radius 2 is 1.67 bits per heavy atom. The van der Waals surface area contributed by atoms with Gasteiger partial charge in [0.1, 0.15) is 0 Å². The third kappa shape index (κ3) is 3.13. The molecule has 4 nitrogen and oxygen atoms in total. The highest BCUT2D eigenvalue weighted by atomic mass is 35.5. The highest BCUT2D eigenvalue weighted by Gasteiger charge is 2.06. The van der Waals surface area contributed by atoms with Crippen molar-refractivity contribution in [1.29, 1.82) is 0 Å². The normalized spacial score (nSPS) is 10.8. The summed E-state index contributed by atoms with van der Waals surface area (Å²) in [5.41, 5.74) is 0.867. The fourth-order valence-corrected chi connectivity index (χ4v) is 2.63. The number of benzene rings is 2. The summed E-state index contributed by atoms with van der Waals surface area (Å²) in [4.78, 5) is 19.0. The highest BCUT2D eigenvalue weighted by Crippen LogP contribution is 2.24. The lowest BCUT2D eigenvalue weighted by atomic mass is 10.2. The van der Waals surface area contributed by atoms with Crippen LogP contribution < -0.4 is 10.9 Å². The molecular formula is C14H8Cl3N3O. The molecule has 0 aliphatic rings. The van der Waals surface area contributed by atoms with Gasteiger partial charge in [-0.25, -0.2) is 4.98 Å². The number of hydrogen-bond acceptors (Lipinski definition) is 3. The maximum absolute atomic E-state index is 12.0. The van der Waals surface area contributed by atoms with E-state index in [2.05, 4.69) is 15.3 Å². The van der Waals surface area contributed by atoms with Gasteiger partial charge in [0.25, 0.3) is 5.56 Å². The third-order valence-electron chi connectivity index (χ3n) is 2.79. The van der Waals surface area contributed by atoms with E-state index in [4.69, 9.17) is 34.8 Å². The summed E-state index contributed by atoms with van der Waals surface area (Å²) in [5.74, 6) is 0.285. The quantitative estimate of drug-likeness (QED) is 0.715. The van der Waals surface area contributed by atoms with Crippen LogP contribution in [0.1, 0.15) is 0 Å². The molecule has 0 unspecified atom stereocenters. The third-order valence-corrected chi connectivity index (χ3v) is 3.47. The van der Waals surface area contributed by atoms with Crippen LogP contribution in [0, 0.1) is 0 Å². The second-order valence-corrected chi connectivity index (χ2v) is 5.67. The van der Waals surface area contributed by atoms with Crippen LogP contribution in [0.25, 0.3) is 10.9 Å². The summed E-state index contributed by atoms with van der Waals surface area (Å²) < 4.78 is 0. The first-order chi connectivity index (χ1) is 10.0. The second-order valence-electron chi connectivity index (χ2n) is 4.36. The Morgan fingerprint density at radius 1 is 0.952 bits per heavy atom. The Morgan fingerprint density at radius 3 is 2.38 bits per heavy atom. The molecule has 0 saturated carbocycles. The summed E-state index contributed by atoms with van der Waals surface area (Å²) >= 11 is 17.8. The average Bonchev–Trinajstić information content (AvgIpc) is 2.36. The monoisotopic (exact) mass is 339 g/mol. The lowest BCUT2D eigenvalue weighted by Gasteiger charge is -2.07. The molecule has 7 heteroatoms. The molecule has 2 N–H and O–H groups in total. The predicted octanol–water partition coefficient (Wildman–Crippen LogP) is 4.63. The lowest BCUT2D eigenvalue weighted by Crippen LogP contribution is -2.11. The maximum atomic E-state index is 12.0. The number of halogens is 3. The van der Waals surface area contributed by atoms with Crippen molar-refractivity contribution in [3.63, 3.8) is 0 Å². The standard InChI is InChI=1S/C14H8Cl3N3O/c15-7-1-2-11-12(6-7)19-14(20-13(11)21)18-10-4-8(16)3-9(17)5-10/h1-6H,(H2,18,19,20,21). The van der Waals surface area contributed by atoms with Crippen molar-refractivity contribution >= 4 is 57.3 Å². The fraction of sp³-hybridized carbons (Fsp3) is 0. The largest absolute Gasteiger partial charge is 0.326 e. The second kappa shape index (κ2) is 5.56. The Bertz CT molecular complexity index is 872. The van der Waals surface area contributed by atoms with E-state index >= 15 is 0 Å². The number of nitrogens with one attached hydrogen (secondary N) is 2. The number of H-pyrrole nitrogens is 1. The zero-order valence-corrected chi connectivity index (χ0v) is 12.7.